The summed E-state index contributed by atoms with van der Waals surface area (Å²) in [6.45, 7) is 18.3. The molecule has 3 rings (SSSR count). The van der Waals surface area contributed by atoms with Gasteiger partial charge in [0.1, 0.15) is 0 Å². The second-order valence-corrected chi connectivity index (χ2v) is 8.53. The van der Waals surface area contributed by atoms with Gasteiger partial charge < -0.3 is 32.5 Å². The molecule has 0 atom stereocenters. The molecule has 2 heterocycles. The van der Waals surface area contributed by atoms with E-state index in [1.165, 1.54) is 32.8 Å². The smallest absolute Gasteiger partial charge is 0.455 e. The molecule has 7 heteroatoms. The van der Waals surface area contributed by atoms with Gasteiger partial charge in [0, 0.05) is 14.2 Å². The van der Waals surface area contributed by atoms with Gasteiger partial charge in [-0.3, -0.25) is 0 Å². The van der Waals surface area contributed by atoms with Crippen LogP contribution in [0.2, 0.25) is 0 Å². The van der Waals surface area contributed by atoms with Gasteiger partial charge in [0.15, 0.2) is 11.6 Å². The van der Waals surface area contributed by atoms with E-state index in [1.54, 1.807) is 19.3 Å². The minimum Gasteiger partial charge on any atom is -0.455 e. The molecule has 0 unspecified atom stereocenters. The van der Waals surface area contributed by atoms with Crippen LogP contribution in [0.4, 0.5) is 0 Å². The van der Waals surface area contributed by atoms with Gasteiger partial charge >= 0.3 is 13.0 Å². The Morgan fingerprint density at radius 3 is 1.61 bits per heavy atom. The molecule has 0 amide bonds. The zero-order valence-electron chi connectivity index (χ0n) is 22.6. The lowest BCUT2D eigenvalue weighted by Gasteiger charge is -2.27. The molecule has 0 aromatic heterocycles. The first-order chi connectivity index (χ1) is 15.5. The van der Waals surface area contributed by atoms with Gasteiger partial charge in [-0.05, 0) is 59.6 Å². The first-order valence-electron chi connectivity index (χ1n) is 11.8. The fourth-order valence-corrected chi connectivity index (χ4v) is 3.12. The Morgan fingerprint density at radius 1 is 0.861 bits per heavy atom. The maximum absolute atomic E-state index is 5.55. The quantitative estimate of drug-likeness (QED) is 0.271. The number of carbonyl (C=O) groups excluding carboxylic acids is 2. The molecule has 3 aliphatic rings. The van der Waals surface area contributed by atoms with Crippen molar-refractivity contribution < 1.29 is 32.5 Å². The zero-order valence-corrected chi connectivity index (χ0v) is 22.6. The van der Waals surface area contributed by atoms with Crippen molar-refractivity contribution in [1.29, 1.82) is 0 Å². The predicted molar refractivity (Wildman–Crippen MR) is 151 cm³/mol. The average molecular weight is 519 g/mol. The van der Waals surface area contributed by atoms with Crippen LogP contribution in [0, 0.1) is 18.9 Å². The first-order valence-corrected chi connectivity index (χ1v) is 11.8. The van der Waals surface area contributed by atoms with E-state index in [4.69, 9.17) is 32.5 Å². The highest BCUT2D eigenvalue weighted by atomic mass is 16.8. The van der Waals surface area contributed by atoms with Crippen molar-refractivity contribution in [3.63, 3.8) is 0 Å². The van der Waals surface area contributed by atoms with Gasteiger partial charge in [0.2, 0.25) is 0 Å². The van der Waals surface area contributed by atoms with Crippen molar-refractivity contribution in [3.8, 4) is 0 Å². The van der Waals surface area contributed by atoms with Crippen LogP contribution in [0.1, 0.15) is 110 Å². The second-order valence-electron chi connectivity index (χ2n) is 8.53. The maximum Gasteiger partial charge on any atom is 0.509 e. The lowest BCUT2D eigenvalue weighted by atomic mass is 10.1. The number of hydrogen-bond donors (Lipinski definition) is 0. The van der Waals surface area contributed by atoms with Gasteiger partial charge in [0.25, 0.3) is 0 Å². The van der Waals surface area contributed by atoms with Crippen molar-refractivity contribution in [1.82, 2.24) is 0 Å². The Balaban J connectivity index is -0.000000213. The Hall–Kier alpha value is -1.96. The normalized spacial score (nSPS) is 16.4. The predicted octanol–water partition coefficient (Wildman–Crippen LogP) is 8.20. The fraction of sp³-hybridized carbons (Fsp3) is 0.724. The van der Waals surface area contributed by atoms with Crippen LogP contribution in [0.5, 0.6) is 0 Å². The minimum atomic E-state index is -0.470. The second kappa shape index (κ2) is 22.3. The number of methoxy groups -OCH3 is 2. The van der Waals surface area contributed by atoms with Crippen molar-refractivity contribution in [2.24, 2.45) is 5.92 Å². The van der Waals surface area contributed by atoms with Gasteiger partial charge in [-0.15, -0.1) is 0 Å². The van der Waals surface area contributed by atoms with Crippen molar-refractivity contribution >= 4 is 11.6 Å². The van der Waals surface area contributed by atoms with Crippen LogP contribution in [0.3, 0.4) is 0 Å². The molecular weight excluding hydrogens is 460 g/mol. The molecule has 0 aromatic carbocycles. The molecule has 0 saturated heterocycles. The summed E-state index contributed by atoms with van der Waals surface area (Å²) in [5, 5.41) is 0. The highest BCUT2D eigenvalue weighted by Crippen LogP contribution is 2.23. The first kappa shape index (κ1) is 41.2. The molecule has 1 aliphatic carbocycles. The summed E-state index contributed by atoms with van der Waals surface area (Å²) < 4.78 is 35.9. The van der Waals surface area contributed by atoms with E-state index in [2.05, 4.69) is 6.92 Å². The monoisotopic (exact) mass is 518 g/mol. The standard InChI is InChI=1S/C11H18O4.C7H10O3.C6H12.C2H6.3CH4/c1-8-6-9(2)14-10(13-8)15-11(3,4)7-12-5;1-5-4-6(2)10-7(8-3)9-5;1-6-4-2-3-5-6;1-2;;;/h6H,7H2,1-5H3;4H,1-3H3;6H,2-5H2,1H3;1-2H3;3*1H4. The third-order valence-corrected chi connectivity index (χ3v) is 4.45. The Bertz CT molecular complexity index is 657. The van der Waals surface area contributed by atoms with E-state index in [-0.39, 0.29) is 35.2 Å². The van der Waals surface area contributed by atoms with Crippen LogP contribution in [0.25, 0.3) is 0 Å². The molecular formula is C29H58O7. The Labute approximate surface area is 223 Å². The summed E-state index contributed by atoms with van der Waals surface area (Å²) in [4.78, 5) is 0. The van der Waals surface area contributed by atoms with Crippen LogP contribution in [-0.2, 0) is 32.5 Å². The van der Waals surface area contributed by atoms with Crippen molar-refractivity contribution in [2.45, 2.75) is 116 Å². The largest absolute Gasteiger partial charge is 0.509 e. The summed E-state index contributed by atoms with van der Waals surface area (Å²) in [7, 11) is 3.13. The summed E-state index contributed by atoms with van der Waals surface area (Å²) >= 11 is 0. The zero-order chi connectivity index (χ0) is 25.4. The average Bonchev–Trinajstić information content (AvgIpc) is 3.19. The van der Waals surface area contributed by atoms with E-state index in [1.807, 2.05) is 55.4 Å². The number of ketones is 2. The lowest BCUT2D eigenvalue weighted by molar-refractivity contribution is -0.553. The van der Waals surface area contributed by atoms with Crippen LogP contribution in [0.15, 0.2) is 23.7 Å². The van der Waals surface area contributed by atoms with Crippen LogP contribution >= 0.6 is 0 Å². The minimum absolute atomic E-state index is 0. The maximum atomic E-state index is 5.55. The fourth-order valence-electron chi connectivity index (χ4n) is 3.12. The molecule has 2 aliphatic heterocycles. The molecule has 0 bridgehead atoms. The molecule has 36 heavy (non-hydrogen) atoms. The summed E-state index contributed by atoms with van der Waals surface area (Å²) in [6.07, 6.45) is 9.54. The summed E-state index contributed by atoms with van der Waals surface area (Å²) in [6, 6.07) is 0. The summed E-state index contributed by atoms with van der Waals surface area (Å²) in [5.74, 6) is 4.11. The molecule has 0 aromatic rings. The van der Waals surface area contributed by atoms with Gasteiger partial charge in [-0.2, -0.15) is 0 Å². The van der Waals surface area contributed by atoms with Crippen molar-refractivity contribution in [3.05, 3.63) is 36.6 Å². The molecule has 0 spiro atoms. The number of ether oxygens (including phenoxy) is 5. The van der Waals surface area contributed by atoms with E-state index >= 15 is 0 Å². The van der Waals surface area contributed by atoms with Gasteiger partial charge in [-0.25, -0.2) is 0 Å². The van der Waals surface area contributed by atoms with E-state index < -0.39 is 5.60 Å². The molecule has 216 valence electrons. The highest BCUT2D eigenvalue weighted by molar-refractivity contribution is 5.88. The molecule has 1 fully saturated rings. The van der Waals surface area contributed by atoms with Gasteiger partial charge in [0.05, 0.1) is 23.7 Å². The van der Waals surface area contributed by atoms with E-state index in [9.17, 15) is 0 Å². The summed E-state index contributed by atoms with van der Waals surface area (Å²) in [5.41, 5.74) is -0.470. The number of allylic oxidation sites excluding steroid dienone is 4. The highest BCUT2D eigenvalue weighted by Gasteiger charge is 2.29. The molecule has 1 saturated carbocycles. The Morgan fingerprint density at radius 2 is 1.28 bits per heavy atom. The number of rotatable bonds is 5. The molecule has 7 nitrogen and oxygen atoms in total. The molecule has 0 N–H and O–H groups in total. The Kier molecular flexibility index (Phi) is 25.5. The lowest BCUT2D eigenvalue weighted by Crippen LogP contribution is -2.34. The van der Waals surface area contributed by atoms with E-state index in [0.717, 1.165) is 29.0 Å². The van der Waals surface area contributed by atoms with E-state index in [0.29, 0.717) is 6.61 Å². The third kappa shape index (κ3) is 19.3. The van der Waals surface area contributed by atoms with Crippen LogP contribution in [-0.4, -0.2) is 38.0 Å². The van der Waals surface area contributed by atoms with Crippen LogP contribution < -0.4 is 0 Å². The van der Waals surface area contributed by atoms with Crippen molar-refractivity contribution in [2.75, 3.05) is 20.8 Å². The number of hydrogen-bond acceptors (Lipinski definition) is 5. The third-order valence-electron chi connectivity index (χ3n) is 4.45. The SMILES string of the molecule is C.C.C.CC.CC1CCCC1.COCC(C)(C)O[C-]1OC(C)=CC(C)=[O+]1.CO[C-]1OC(C)=CC(C)=[O+]1. The molecule has 0 radical (unpaired) electrons. The topological polar surface area (TPSA) is 68.8 Å². The van der Waals surface area contributed by atoms with Gasteiger partial charge in [-0.1, -0.05) is 68.7 Å².